The van der Waals surface area contributed by atoms with E-state index < -0.39 is 6.17 Å². The zero-order chi connectivity index (χ0) is 28.7. The lowest BCUT2D eigenvalue weighted by atomic mass is 9.95. The average molecular weight is 550 g/mol. The summed E-state index contributed by atoms with van der Waals surface area (Å²) in [5, 5.41) is 7.39. The van der Waals surface area contributed by atoms with Crippen LogP contribution in [0, 0.1) is 5.92 Å². The number of carbonyl (C=O) groups is 1. The Balaban J connectivity index is 1.42. The van der Waals surface area contributed by atoms with Gasteiger partial charge in [0.05, 0.1) is 0 Å². The van der Waals surface area contributed by atoms with Gasteiger partial charge in [0, 0.05) is 73.7 Å². The van der Waals surface area contributed by atoms with Crippen molar-refractivity contribution in [2.45, 2.75) is 26.4 Å². The van der Waals surface area contributed by atoms with Gasteiger partial charge in [-0.05, 0) is 53.5 Å². The molecule has 1 saturated heterocycles. The molecule has 4 heterocycles. The average Bonchev–Trinajstić information content (AvgIpc) is 2.99. The topological polar surface area (TPSA) is 95.4 Å². The summed E-state index contributed by atoms with van der Waals surface area (Å²) in [5.41, 5.74) is 5.09. The Bertz CT molecular complexity index is 1690. The molecule has 2 N–H and O–H groups in total. The molecule has 0 spiro atoms. The van der Waals surface area contributed by atoms with Gasteiger partial charge in [-0.3, -0.25) is 14.2 Å². The van der Waals surface area contributed by atoms with Gasteiger partial charge in [-0.2, -0.15) is 4.98 Å². The first-order valence-corrected chi connectivity index (χ1v) is 14.1. The lowest BCUT2D eigenvalue weighted by Crippen LogP contribution is -2.44. The highest BCUT2D eigenvalue weighted by Crippen LogP contribution is 2.31. The van der Waals surface area contributed by atoms with Gasteiger partial charge < -0.3 is 20.4 Å². The van der Waals surface area contributed by atoms with Gasteiger partial charge in [-0.15, -0.1) is 0 Å². The highest BCUT2D eigenvalue weighted by atomic mass is 16.2. The van der Waals surface area contributed by atoms with E-state index in [1.165, 1.54) is 5.69 Å². The number of amides is 1. The number of rotatable bonds is 6. The molecule has 2 aromatic carbocycles. The number of pyridine rings is 1. The molecular formula is C32H35N7O2. The van der Waals surface area contributed by atoms with Crippen LogP contribution in [0.1, 0.15) is 41.5 Å². The van der Waals surface area contributed by atoms with Crippen molar-refractivity contribution in [1.29, 1.82) is 0 Å². The van der Waals surface area contributed by atoms with Gasteiger partial charge in [-0.25, -0.2) is 4.98 Å². The summed E-state index contributed by atoms with van der Waals surface area (Å²) in [6.07, 6.45) is 1.67. The van der Waals surface area contributed by atoms with Crippen LogP contribution in [0.5, 0.6) is 0 Å². The molecule has 2 aromatic heterocycles. The third-order valence-electron chi connectivity index (χ3n) is 8.14. The van der Waals surface area contributed by atoms with Gasteiger partial charge in [0.25, 0.3) is 11.5 Å². The first-order chi connectivity index (χ1) is 19.8. The van der Waals surface area contributed by atoms with Crippen LogP contribution in [0.15, 0.2) is 72.2 Å². The summed E-state index contributed by atoms with van der Waals surface area (Å²) in [6, 6.07) is 17.6. The molecule has 1 unspecified atom stereocenters. The maximum absolute atomic E-state index is 14.1. The minimum atomic E-state index is -0.548. The van der Waals surface area contributed by atoms with Crippen LogP contribution >= 0.6 is 0 Å². The van der Waals surface area contributed by atoms with Gasteiger partial charge in [0.1, 0.15) is 11.8 Å². The first kappa shape index (κ1) is 26.7. The zero-order valence-electron chi connectivity index (χ0n) is 23.7. The fraction of sp³-hybridized carbons (Fsp3) is 0.312. The second kappa shape index (κ2) is 10.8. The highest BCUT2D eigenvalue weighted by Gasteiger charge is 2.33. The molecule has 210 valence electrons. The number of benzene rings is 2. The Morgan fingerprint density at radius 3 is 2.54 bits per heavy atom. The normalized spacial score (nSPS) is 17.2. The zero-order valence-corrected chi connectivity index (χ0v) is 23.7. The van der Waals surface area contributed by atoms with E-state index in [-0.39, 0.29) is 17.4 Å². The van der Waals surface area contributed by atoms with Gasteiger partial charge in [0.15, 0.2) is 0 Å². The molecule has 1 fully saturated rings. The van der Waals surface area contributed by atoms with E-state index in [0.29, 0.717) is 34.5 Å². The number of nitrogens with zero attached hydrogens (tertiary/aromatic N) is 5. The molecular weight excluding hydrogens is 514 g/mol. The van der Waals surface area contributed by atoms with Crippen LogP contribution < -0.4 is 21.1 Å². The predicted octanol–water partition coefficient (Wildman–Crippen LogP) is 4.44. The fourth-order valence-electron chi connectivity index (χ4n) is 5.64. The summed E-state index contributed by atoms with van der Waals surface area (Å²) < 4.78 is 1.65. The molecule has 2 aliphatic heterocycles. The van der Waals surface area contributed by atoms with Crippen molar-refractivity contribution in [2.75, 3.05) is 43.4 Å². The van der Waals surface area contributed by atoms with E-state index in [9.17, 15) is 9.59 Å². The minimum absolute atomic E-state index is 0.0751. The summed E-state index contributed by atoms with van der Waals surface area (Å²) in [5.74, 6) is 0.328. The van der Waals surface area contributed by atoms with Crippen LogP contribution in [0.25, 0.3) is 16.6 Å². The van der Waals surface area contributed by atoms with E-state index in [0.717, 1.165) is 43.0 Å². The van der Waals surface area contributed by atoms with Crippen molar-refractivity contribution in [3.8, 4) is 0 Å². The van der Waals surface area contributed by atoms with Crippen LogP contribution in [0.3, 0.4) is 0 Å². The number of piperazine rings is 1. The Labute approximate surface area is 239 Å². The summed E-state index contributed by atoms with van der Waals surface area (Å²) in [4.78, 5) is 40.9. The van der Waals surface area contributed by atoms with Crippen molar-refractivity contribution in [3.63, 3.8) is 0 Å². The second-order valence-corrected chi connectivity index (χ2v) is 11.1. The van der Waals surface area contributed by atoms with Gasteiger partial charge in [-0.1, -0.05) is 38.6 Å². The molecule has 2 aliphatic rings. The Morgan fingerprint density at radius 2 is 1.80 bits per heavy atom. The third kappa shape index (κ3) is 4.97. The maximum atomic E-state index is 14.1. The number of aromatic nitrogens is 3. The molecule has 9 nitrogen and oxygen atoms in total. The van der Waals surface area contributed by atoms with Gasteiger partial charge >= 0.3 is 0 Å². The number of nitrogens with one attached hydrogen (secondary N) is 2. The summed E-state index contributed by atoms with van der Waals surface area (Å²) in [7, 11) is 1.74. The van der Waals surface area contributed by atoms with Crippen molar-refractivity contribution in [2.24, 2.45) is 5.92 Å². The predicted molar refractivity (Wildman–Crippen MR) is 164 cm³/mol. The fourth-order valence-corrected chi connectivity index (χ4v) is 5.64. The number of hydrogen-bond donors (Lipinski definition) is 2. The minimum Gasteiger partial charge on any atom is -0.369 e. The number of hydrogen-bond acceptors (Lipinski definition) is 7. The maximum Gasteiger partial charge on any atom is 0.261 e. The monoisotopic (exact) mass is 549 g/mol. The first-order valence-electron chi connectivity index (χ1n) is 14.1. The van der Waals surface area contributed by atoms with Crippen LogP contribution in [-0.2, 0) is 6.42 Å². The van der Waals surface area contributed by atoms with E-state index in [2.05, 4.69) is 39.2 Å². The van der Waals surface area contributed by atoms with Crippen LogP contribution in [-0.4, -0.2) is 58.6 Å². The van der Waals surface area contributed by atoms with Crippen molar-refractivity contribution < 1.29 is 4.79 Å². The molecule has 0 radical (unpaired) electrons. The standard InChI is InChI=1S/C32H35N7O2/c1-20(2)21(3)27-17-23-19-34-32(35-24-9-11-25(12-10-24)38-15-13-33-14-16-38)36-29(23)39(31(27)41)28-18-22-7-5-6-8-26(22)30(40)37(28)4/h5-12,17,19-20,28,33H,3,13-16,18H2,1-2,4H3,(H,34,35,36). The largest absolute Gasteiger partial charge is 0.369 e. The smallest absolute Gasteiger partial charge is 0.261 e. The Kier molecular flexibility index (Phi) is 7.05. The molecule has 0 bridgehead atoms. The van der Waals surface area contributed by atoms with Crippen molar-refractivity contribution in [1.82, 2.24) is 24.8 Å². The SMILES string of the molecule is C=C(c1cc2cnc(Nc3ccc(N4CCNCC4)cc3)nc2n(C2Cc3ccccc3C(=O)N2C)c1=O)C(C)C. The van der Waals surface area contributed by atoms with E-state index in [4.69, 9.17) is 4.98 Å². The second-order valence-electron chi connectivity index (χ2n) is 11.1. The molecule has 1 atom stereocenters. The Morgan fingerprint density at radius 1 is 1.07 bits per heavy atom. The molecule has 4 aromatic rings. The molecule has 41 heavy (non-hydrogen) atoms. The summed E-state index contributed by atoms with van der Waals surface area (Å²) >= 11 is 0. The highest BCUT2D eigenvalue weighted by molar-refractivity contribution is 5.97. The Hall–Kier alpha value is -4.50. The molecule has 0 saturated carbocycles. The lowest BCUT2D eigenvalue weighted by Gasteiger charge is -2.35. The van der Waals surface area contributed by atoms with Gasteiger partial charge in [0.2, 0.25) is 5.95 Å². The number of likely N-dealkylation sites (N-methyl/N-ethyl adjacent to an activating group) is 1. The molecule has 6 rings (SSSR count). The number of fused-ring (bicyclic) bond motifs is 2. The number of anilines is 3. The molecule has 9 heteroatoms. The van der Waals surface area contributed by atoms with E-state index in [1.54, 1.807) is 22.7 Å². The van der Waals surface area contributed by atoms with E-state index >= 15 is 0 Å². The lowest BCUT2D eigenvalue weighted by molar-refractivity contribution is 0.0629. The van der Waals surface area contributed by atoms with E-state index in [1.807, 2.05) is 56.3 Å². The van der Waals surface area contributed by atoms with Crippen LogP contribution in [0.4, 0.5) is 17.3 Å². The van der Waals surface area contributed by atoms with Crippen molar-refractivity contribution in [3.05, 3.63) is 94.4 Å². The quantitative estimate of drug-likeness (QED) is 0.367. The van der Waals surface area contributed by atoms with Crippen molar-refractivity contribution >= 4 is 39.8 Å². The number of allylic oxidation sites excluding steroid dienone is 1. The molecule has 1 amide bonds. The van der Waals surface area contributed by atoms with Crippen LogP contribution in [0.2, 0.25) is 0 Å². The molecule has 0 aliphatic carbocycles. The number of carbonyl (C=O) groups excluding carboxylic acids is 1. The third-order valence-corrected chi connectivity index (χ3v) is 8.14. The summed E-state index contributed by atoms with van der Waals surface area (Å²) in [6.45, 7) is 12.1.